The molecule has 1 amide bonds. The van der Waals surface area contributed by atoms with Crippen LogP contribution in [0.15, 0.2) is 30.3 Å². The Balaban J connectivity index is 1.96. The lowest BCUT2D eigenvalue weighted by molar-refractivity contribution is -0.124. The maximum Gasteiger partial charge on any atom is 0.224 e. The van der Waals surface area contributed by atoms with Gasteiger partial charge in [-0.25, -0.2) is 4.98 Å². The van der Waals surface area contributed by atoms with E-state index in [-0.39, 0.29) is 11.8 Å². The van der Waals surface area contributed by atoms with Gasteiger partial charge >= 0.3 is 0 Å². The normalized spacial score (nSPS) is 12.1. The van der Waals surface area contributed by atoms with Crippen molar-refractivity contribution in [3.8, 4) is 11.3 Å². The minimum absolute atomic E-state index is 0.00839. The number of amides is 1. The Labute approximate surface area is 129 Å². The number of aromatic nitrogens is 1. The van der Waals surface area contributed by atoms with Crippen molar-refractivity contribution in [2.75, 3.05) is 13.1 Å². The van der Waals surface area contributed by atoms with Crippen molar-refractivity contribution in [2.24, 2.45) is 11.7 Å². The Morgan fingerprint density at radius 3 is 2.76 bits per heavy atom. The number of carbonyl (C=O) groups excluding carboxylic acids is 1. The third-order valence-electron chi connectivity index (χ3n) is 3.33. The number of carbonyl (C=O) groups is 1. The maximum atomic E-state index is 11.6. The summed E-state index contributed by atoms with van der Waals surface area (Å²) in [4.78, 5) is 17.5. The summed E-state index contributed by atoms with van der Waals surface area (Å²) >= 11 is 1.69. The van der Waals surface area contributed by atoms with Crippen LogP contribution in [0.4, 0.5) is 0 Å². The molecule has 0 fully saturated rings. The molecule has 21 heavy (non-hydrogen) atoms. The third kappa shape index (κ3) is 4.12. The first-order valence-electron chi connectivity index (χ1n) is 7.11. The SMILES string of the molecule is Cc1sc(CCNC(=O)C(C)CN)nc1-c1ccccc1. The molecule has 0 saturated carbocycles. The quantitative estimate of drug-likeness (QED) is 0.861. The zero-order valence-electron chi connectivity index (χ0n) is 12.4. The third-order valence-corrected chi connectivity index (χ3v) is 4.36. The molecule has 5 heteroatoms. The van der Waals surface area contributed by atoms with E-state index in [4.69, 9.17) is 5.73 Å². The van der Waals surface area contributed by atoms with Crippen LogP contribution in [-0.4, -0.2) is 24.0 Å². The monoisotopic (exact) mass is 303 g/mol. The molecule has 4 nitrogen and oxygen atoms in total. The highest BCUT2D eigenvalue weighted by molar-refractivity contribution is 7.12. The lowest BCUT2D eigenvalue weighted by Crippen LogP contribution is -2.34. The topological polar surface area (TPSA) is 68.0 Å². The smallest absolute Gasteiger partial charge is 0.224 e. The number of hydrogen-bond acceptors (Lipinski definition) is 4. The summed E-state index contributed by atoms with van der Waals surface area (Å²) < 4.78 is 0. The molecule has 0 aliphatic carbocycles. The summed E-state index contributed by atoms with van der Waals surface area (Å²) in [7, 11) is 0. The van der Waals surface area contributed by atoms with Gasteiger partial charge in [-0.2, -0.15) is 0 Å². The molecule has 1 heterocycles. The fraction of sp³-hybridized carbons (Fsp3) is 0.375. The van der Waals surface area contributed by atoms with E-state index in [0.717, 1.165) is 22.7 Å². The van der Waals surface area contributed by atoms with E-state index < -0.39 is 0 Å². The molecule has 1 unspecified atom stereocenters. The van der Waals surface area contributed by atoms with E-state index >= 15 is 0 Å². The Morgan fingerprint density at radius 1 is 1.38 bits per heavy atom. The second-order valence-corrected chi connectivity index (χ2v) is 6.34. The van der Waals surface area contributed by atoms with Crippen LogP contribution < -0.4 is 11.1 Å². The summed E-state index contributed by atoms with van der Waals surface area (Å²) in [5, 5.41) is 3.95. The van der Waals surface area contributed by atoms with Crippen LogP contribution in [0.1, 0.15) is 16.8 Å². The molecule has 0 saturated heterocycles. The van der Waals surface area contributed by atoms with Crippen molar-refractivity contribution in [3.63, 3.8) is 0 Å². The second-order valence-electron chi connectivity index (χ2n) is 5.06. The van der Waals surface area contributed by atoms with E-state index in [1.807, 2.05) is 25.1 Å². The van der Waals surface area contributed by atoms with Crippen molar-refractivity contribution in [3.05, 3.63) is 40.2 Å². The fourth-order valence-electron chi connectivity index (χ4n) is 2.00. The van der Waals surface area contributed by atoms with Crippen LogP contribution in [0.3, 0.4) is 0 Å². The number of nitrogens with two attached hydrogens (primary N) is 1. The van der Waals surface area contributed by atoms with Gasteiger partial charge in [0, 0.05) is 35.9 Å². The summed E-state index contributed by atoms with van der Waals surface area (Å²) in [5.41, 5.74) is 7.65. The second kappa shape index (κ2) is 7.33. The van der Waals surface area contributed by atoms with Gasteiger partial charge in [0.2, 0.25) is 5.91 Å². The van der Waals surface area contributed by atoms with Gasteiger partial charge in [0.15, 0.2) is 0 Å². The first kappa shape index (κ1) is 15.7. The number of benzene rings is 1. The van der Waals surface area contributed by atoms with Gasteiger partial charge in [-0.05, 0) is 6.92 Å². The highest BCUT2D eigenvalue weighted by Crippen LogP contribution is 2.27. The highest BCUT2D eigenvalue weighted by Gasteiger charge is 2.12. The zero-order valence-corrected chi connectivity index (χ0v) is 13.2. The van der Waals surface area contributed by atoms with Crippen molar-refractivity contribution in [1.29, 1.82) is 0 Å². The molecule has 0 aliphatic rings. The zero-order chi connectivity index (χ0) is 15.2. The van der Waals surface area contributed by atoms with Gasteiger partial charge in [0.1, 0.15) is 0 Å². The first-order chi connectivity index (χ1) is 10.1. The predicted octanol–water partition coefficient (Wildman–Crippen LogP) is 2.37. The van der Waals surface area contributed by atoms with Crippen LogP contribution in [0.2, 0.25) is 0 Å². The van der Waals surface area contributed by atoms with E-state index in [1.165, 1.54) is 4.88 Å². The van der Waals surface area contributed by atoms with Gasteiger partial charge in [-0.15, -0.1) is 11.3 Å². The molecule has 0 aliphatic heterocycles. The van der Waals surface area contributed by atoms with Gasteiger partial charge in [-0.3, -0.25) is 4.79 Å². The molecule has 112 valence electrons. The largest absolute Gasteiger partial charge is 0.355 e. The van der Waals surface area contributed by atoms with E-state index in [9.17, 15) is 4.79 Å². The predicted molar refractivity (Wildman–Crippen MR) is 87.2 cm³/mol. The van der Waals surface area contributed by atoms with Crippen molar-refractivity contribution < 1.29 is 4.79 Å². The lowest BCUT2D eigenvalue weighted by Gasteiger charge is -2.08. The van der Waals surface area contributed by atoms with E-state index in [0.29, 0.717) is 13.1 Å². The Bertz CT molecular complexity index is 595. The van der Waals surface area contributed by atoms with Crippen molar-refractivity contribution in [1.82, 2.24) is 10.3 Å². The molecule has 2 aromatic rings. The first-order valence-corrected chi connectivity index (χ1v) is 7.93. The Hall–Kier alpha value is -1.72. The van der Waals surface area contributed by atoms with Gasteiger partial charge < -0.3 is 11.1 Å². The van der Waals surface area contributed by atoms with Crippen LogP contribution in [0.5, 0.6) is 0 Å². The van der Waals surface area contributed by atoms with Crippen LogP contribution in [0.25, 0.3) is 11.3 Å². The average molecular weight is 303 g/mol. The van der Waals surface area contributed by atoms with Crippen LogP contribution in [-0.2, 0) is 11.2 Å². The minimum Gasteiger partial charge on any atom is -0.355 e. The standard InChI is InChI=1S/C16H21N3OS/c1-11(10-17)16(20)18-9-8-14-19-15(12(2)21-14)13-6-4-3-5-7-13/h3-7,11H,8-10,17H2,1-2H3,(H,18,20). The Morgan fingerprint density at radius 2 is 2.10 bits per heavy atom. The minimum atomic E-state index is -0.136. The van der Waals surface area contributed by atoms with E-state index in [2.05, 4.69) is 29.4 Å². The molecular formula is C16H21N3OS. The lowest BCUT2D eigenvalue weighted by atomic mass is 10.1. The van der Waals surface area contributed by atoms with Crippen LogP contribution >= 0.6 is 11.3 Å². The number of aryl methyl sites for hydroxylation is 1. The molecule has 0 bridgehead atoms. The summed E-state index contributed by atoms with van der Waals surface area (Å²) in [6, 6.07) is 10.2. The molecule has 1 aromatic heterocycles. The molecule has 1 aromatic carbocycles. The highest BCUT2D eigenvalue weighted by atomic mass is 32.1. The molecule has 1 atom stereocenters. The average Bonchev–Trinajstić information content (AvgIpc) is 2.88. The fourth-order valence-corrected chi connectivity index (χ4v) is 2.95. The molecular weight excluding hydrogens is 282 g/mol. The summed E-state index contributed by atoms with van der Waals surface area (Å²) in [5.74, 6) is -0.128. The molecule has 0 spiro atoms. The molecule has 3 N–H and O–H groups in total. The number of nitrogens with zero attached hydrogens (tertiary/aromatic N) is 1. The molecule has 0 radical (unpaired) electrons. The summed E-state index contributed by atoms with van der Waals surface area (Å²) in [6.45, 7) is 4.89. The summed E-state index contributed by atoms with van der Waals surface area (Å²) in [6.07, 6.45) is 0.751. The number of hydrogen-bond donors (Lipinski definition) is 2. The number of nitrogens with one attached hydrogen (secondary N) is 1. The maximum absolute atomic E-state index is 11.6. The van der Waals surface area contributed by atoms with Crippen molar-refractivity contribution in [2.45, 2.75) is 20.3 Å². The number of thiazole rings is 1. The Kier molecular flexibility index (Phi) is 5.47. The van der Waals surface area contributed by atoms with Crippen molar-refractivity contribution >= 4 is 17.2 Å². The van der Waals surface area contributed by atoms with Crippen LogP contribution in [0, 0.1) is 12.8 Å². The van der Waals surface area contributed by atoms with E-state index in [1.54, 1.807) is 11.3 Å². The molecule has 2 rings (SSSR count). The van der Waals surface area contributed by atoms with Gasteiger partial charge in [-0.1, -0.05) is 37.3 Å². The van der Waals surface area contributed by atoms with Gasteiger partial charge in [0.25, 0.3) is 0 Å². The van der Waals surface area contributed by atoms with Gasteiger partial charge in [0.05, 0.1) is 10.7 Å². The number of rotatable bonds is 6.